The molecule has 74 valence electrons. The van der Waals surface area contributed by atoms with Crippen LogP contribution < -0.4 is 11.1 Å². The molecule has 0 bridgehead atoms. The average Bonchev–Trinajstić information content (AvgIpc) is 2.05. The Labute approximate surface area is 74.9 Å². The minimum absolute atomic E-state index is 0. The molecule has 3 N–H and O–H groups in total. The van der Waals surface area contributed by atoms with Crippen LogP contribution in [0.5, 0.6) is 0 Å². The van der Waals surface area contributed by atoms with E-state index in [1.165, 1.54) is 0 Å². The van der Waals surface area contributed by atoms with Gasteiger partial charge in [0.2, 0.25) is 0 Å². The third-order valence-corrected chi connectivity index (χ3v) is 1.87. The molecule has 0 radical (unpaired) electrons. The van der Waals surface area contributed by atoms with E-state index in [1.54, 1.807) is 7.11 Å². The fraction of sp³-hybridized carbons (Fsp3) is 0.875. The Hall–Kier alpha value is -0.770. The van der Waals surface area contributed by atoms with Crippen molar-refractivity contribution in [2.24, 2.45) is 11.7 Å². The Morgan fingerprint density at radius 2 is 2.42 bits per heavy atom. The van der Waals surface area contributed by atoms with Gasteiger partial charge in [-0.3, -0.25) is 0 Å². The van der Waals surface area contributed by atoms with Gasteiger partial charge in [0.05, 0.1) is 0 Å². The van der Waals surface area contributed by atoms with E-state index in [4.69, 9.17) is 10.5 Å². The molecular weight excluding hydrogens is 156 g/mol. The summed E-state index contributed by atoms with van der Waals surface area (Å²) < 4.78 is 4.94. The summed E-state index contributed by atoms with van der Waals surface area (Å²) in [6.07, 6.45) is 2.00. The molecule has 1 unspecified atom stereocenters. The zero-order valence-corrected chi connectivity index (χ0v) is 7.80. The van der Waals surface area contributed by atoms with E-state index in [0.717, 1.165) is 19.4 Å². The van der Waals surface area contributed by atoms with Crippen LogP contribution in [-0.2, 0) is 4.74 Å². The number of hydrogen-bond acceptors (Lipinski definition) is 2. The van der Waals surface area contributed by atoms with Crippen LogP contribution in [0.2, 0.25) is 0 Å². The van der Waals surface area contributed by atoms with Gasteiger partial charge in [-0.15, -0.1) is 0 Å². The van der Waals surface area contributed by atoms with Gasteiger partial charge in [0.25, 0.3) is 0 Å². The number of urea groups is 1. The summed E-state index contributed by atoms with van der Waals surface area (Å²) in [6, 6.07) is -0.453. The molecule has 0 aromatic carbocycles. The maximum atomic E-state index is 10.4. The lowest BCUT2D eigenvalue weighted by Crippen LogP contribution is -2.33. The minimum Gasteiger partial charge on any atom is -0.385 e. The molecule has 0 aromatic heterocycles. The van der Waals surface area contributed by atoms with Gasteiger partial charge >= 0.3 is 6.03 Å². The van der Waals surface area contributed by atoms with Crippen molar-refractivity contribution in [2.45, 2.75) is 19.8 Å². The van der Waals surface area contributed by atoms with Gasteiger partial charge in [0.15, 0.2) is 0 Å². The van der Waals surface area contributed by atoms with Crippen LogP contribution in [0.1, 0.15) is 21.2 Å². The number of rotatable bonds is 6. The lowest BCUT2D eigenvalue weighted by molar-refractivity contribution is 0.175. The minimum atomic E-state index is -0.453. The Morgan fingerprint density at radius 3 is 2.83 bits per heavy atom. The Kier molecular flexibility index (Phi) is 6.47. The van der Waals surface area contributed by atoms with Crippen molar-refractivity contribution in [1.82, 2.24) is 5.32 Å². The van der Waals surface area contributed by atoms with E-state index in [0.29, 0.717) is 12.5 Å². The zero-order valence-electron chi connectivity index (χ0n) is 7.80. The zero-order chi connectivity index (χ0) is 9.40. The predicted molar refractivity (Wildman–Crippen MR) is 50.0 cm³/mol. The van der Waals surface area contributed by atoms with Gasteiger partial charge in [-0.05, 0) is 12.3 Å². The van der Waals surface area contributed by atoms with Gasteiger partial charge in [0, 0.05) is 21.7 Å². The number of amides is 2. The van der Waals surface area contributed by atoms with Crippen molar-refractivity contribution in [3.63, 3.8) is 0 Å². The number of carbonyl (C=O) groups excluding carboxylic acids is 1. The second-order valence-corrected chi connectivity index (χ2v) is 2.80. The molecule has 0 aliphatic heterocycles. The summed E-state index contributed by atoms with van der Waals surface area (Å²) in [5.41, 5.74) is 4.94. The van der Waals surface area contributed by atoms with Gasteiger partial charge in [-0.1, -0.05) is 13.3 Å². The molecule has 0 aromatic rings. The Morgan fingerprint density at radius 1 is 1.75 bits per heavy atom. The SMILES string of the molecule is CCC(CCOC)CNC(N)=O.[HH]. The third kappa shape index (κ3) is 5.97. The number of primary amides is 1. The molecule has 0 aliphatic carbocycles. The maximum Gasteiger partial charge on any atom is 0.312 e. The summed E-state index contributed by atoms with van der Waals surface area (Å²) in [7, 11) is 1.67. The molecule has 0 saturated heterocycles. The lowest BCUT2D eigenvalue weighted by Gasteiger charge is -2.13. The summed E-state index contributed by atoms with van der Waals surface area (Å²) in [5, 5.41) is 2.59. The number of methoxy groups -OCH3 is 1. The van der Waals surface area contributed by atoms with Gasteiger partial charge < -0.3 is 15.8 Å². The van der Waals surface area contributed by atoms with E-state index in [1.807, 2.05) is 0 Å². The first-order valence-corrected chi connectivity index (χ1v) is 4.23. The summed E-state index contributed by atoms with van der Waals surface area (Å²) in [5.74, 6) is 0.470. The first kappa shape index (κ1) is 11.2. The van der Waals surface area contributed by atoms with E-state index in [9.17, 15) is 4.79 Å². The van der Waals surface area contributed by atoms with Crippen LogP contribution in [0.15, 0.2) is 0 Å². The van der Waals surface area contributed by atoms with Crippen molar-refractivity contribution in [2.75, 3.05) is 20.3 Å². The summed E-state index contributed by atoms with van der Waals surface area (Å²) in [6.45, 7) is 3.47. The van der Waals surface area contributed by atoms with Crippen LogP contribution in [0.25, 0.3) is 0 Å². The molecule has 2 amide bonds. The smallest absolute Gasteiger partial charge is 0.312 e. The molecular formula is C8H20N2O2. The standard InChI is InChI=1S/C8H18N2O2.H2/c1-3-7(4-5-12-2)6-10-8(9)11;/h7H,3-6H2,1-2H3,(H3,9,10,11);1H. The molecule has 1 atom stereocenters. The molecule has 0 rings (SSSR count). The lowest BCUT2D eigenvalue weighted by atomic mass is 10.0. The van der Waals surface area contributed by atoms with Crippen LogP contribution in [-0.4, -0.2) is 26.3 Å². The van der Waals surface area contributed by atoms with Crippen molar-refractivity contribution in [3.05, 3.63) is 0 Å². The van der Waals surface area contributed by atoms with Gasteiger partial charge in [-0.2, -0.15) is 0 Å². The van der Waals surface area contributed by atoms with Crippen LogP contribution in [0.3, 0.4) is 0 Å². The second-order valence-electron chi connectivity index (χ2n) is 2.80. The molecule has 0 heterocycles. The number of nitrogens with two attached hydrogens (primary N) is 1. The first-order chi connectivity index (χ1) is 5.70. The third-order valence-electron chi connectivity index (χ3n) is 1.87. The van der Waals surface area contributed by atoms with E-state index >= 15 is 0 Å². The fourth-order valence-corrected chi connectivity index (χ4v) is 0.980. The van der Waals surface area contributed by atoms with Crippen LogP contribution >= 0.6 is 0 Å². The number of ether oxygens (including phenoxy) is 1. The molecule has 0 saturated carbocycles. The fourth-order valence-electron chi connectivity index (χ4n) is 0.980. The van der Waals surface area contributed by atoms with Crippen molar-refractivity contribution in [1.29, 1.82) is 0 Å². The monoisotopic (exact) mass is 176 g/mol. The quantitative estimate of drug-likeness (QED) is 0.633. The van der Waals surface area contributed by atoms with Crippen molar-refractivity contribution < 1.29 is 11.0 Å². The molecule has 4 nitrogen and oxygen atoms in total. The highest BCUT2D eigenvalue weighted by molar-refractivity contribution is 5.71. The highest BCUT2D eigenvalue weighted by Gasteiger charge is 2.05. The Balaban J connectivity index is 0. The van der Waals surface area contributed by atoms with E-state index < -0.39 is 6.03 Å². The molecule has 0 fully saturated rings. The molecule has 0 aliphatic rings. The predicted octanol–water partition coefficient (Wildman–Crippen LogP) is 0.963. The van der Waals surface area contributed by atoms with E-state index in [-0.39, 0.29) is 1.43 Å². The maximum absolute atomic E-state index is 10.4. The first-order valence-electron chi connectivity index (χ1n) is 4.23. The second kappa shape index (κ2) is 6.91. The highest BCUT2D eigenvalue weighted by atomic mass is 16.5. The number of nitrogens with one attached hydrogen (secondary N) is 1. The molecule has 0 spiro atoms. The summed E-state index contributed by atoms with van der Waals surface area (Å²) >= 11 is 0. The molecule has 4 heteroatoms. The summed E-state index contributed by atoms with van der Waals surface area (Å²) in [4.78, 5) is 10.4. The largest absolute Gasteiger partial charge is 0.385 e. The Bertz CT molecular complexity index is 133. The topological polar surface area (TPSA) is 64.3 Å². The van der Waals surface area contributed by atoms with Crippen molar-refractivity contribution in [3.8, 4) is 0 Å². The average molecular weight is 176 g/mol. The highest BCUT2D eigenvalue weighted by Crippen LogP contribution is 2.05. The van der Waals surface area contributed by atoms with Crippen molar-refractivity contribution >= 4 is 6.03 Å². The van der Waals surface area contributed by atoms with Gasteiger partial charge in [-0.25, -0.2) is 4.79 Å². The van der Waals surface area contributed by atoms with Gasteiger partial charge in [0.1, 0.15) is 0 Å². The normalized spacial score (nSPS) is 12.5. The molecule has 12 heavy (non-hydrogen) atoms. The van der Waals surface area contributed by atoms with Crippen LogP contribution in [0.4, 0.5) is 4.79 Å². The number of hydrogen-bond donors (Lipinski definition) is 2. The van der Waals surface area contributed by atoms with Crippen LogP contribution in [0, 0.1) is 5.92 Å². The number of carbonyl (C=O) groups is 1. The van der Waals surface area contributed by atoms with E-state index in [2.05, 4.69) is 12.2 Å².